The first-order chi connectivity index (χ1) is 8.17. The normalized spacial score (nSPS) is 10.9. The van der Waals surface area contributed by atoms with E-state index in [0.29, 0.717) is 12.0 Å². The Kier molecular flexibility index (Phi) is 7.75. The first-order valence-electron chi connectivity index (χ1n) is 5.38. The van der Waals surface area contributed by atoms with E-state index in [9.17, 15) is 9.90 Å². The van der Waals surface area contributed by atoms with Crippen LogP contribution in [-0.2, 0) is 0 Å². The number of benzene rings is 1. The van der Waals surface area contributed by atoms with E-state index in [2.05, 4.69) is 10.6 Å². The Morgan fingerprint density at radius 3 is 2.29 bits per heavy atom. The molecule has 0 radical (unpaired) electrons. The standard InChI is InChI=1S/C11H16N2O2.CH4O.H2/c1-3-10(14)13-9-6-4-8(5-7-9)11(15)12-2;1-2;/h4-7,10,13-14H,3H2,1-2H3,(H,12,15);2H,1H3;1H. The lowest BCUT2D eigenvalue weighted by Gasteiger charge is -2.11. The Morgan fingerprint density at radius 1 is 1.35 bits per heavy atom. The van der Waals surface area contributed by atoms with Gasteiger partial charge in [0.05, 0.1) is 0 Å². The number of rotatable bonds is 4. The topological polar surface area (TPSA) is 81.6 Å². The van der Waals surface area contributed by atoms with Gasteiger partial charge in [0.25, 0.3) is 5.91 Å². The molecule has 5 heteroatoms. The number of aliphatic hydroxyl groups is 2. The molecule has 5 nitrogen and oxygen atoms in total. The van der Waals surface area contributed by atoms with E-state index < -0.39 is 6.23 Å². The molecule has 1 rings (SSSR count). The highest BCUT2D eigenvalue weighted by atomic mass is 16.3. The van der Waals surface area contributed by atoms with Crippen LogP contribution in [0.4, 0.5) is 5.69 Å². The molecule has 1 amide bonds. The predicted octanol–water partition coefficient (Wildman–Crippen LogP) is 1.04. The van der Waals surface area contributed by atoms with Gasteiger partial charge in [-0.2, -0.15) is 0 Å². The van der Waals surface area contributed by atoms with Gasteiger partial charge in [0.15, 0.2) is 0 Å². The van der Waals surface area contributed by atoms with Crippen LogP contribution in [0.5, 0.6) is 0 Å². The number of hydrogen-bond donors (Lipinski definition) is 4. The van der Waals surface area contributed by atoms with Crippen LogP contribution < -0.4 is 10.6 Å². The Morgan fingerprint density at radius 2 is 1.88 bits per heavy atom. The molecule has 1 aromatic rings. The van der Waals surface area contributed by atoms with E-state index in [1.165, 1.54) is 0 Å². The van der Waals surface area contributed by atoms with Crippen molar-refractivity contribution in [2.75, 3.05) is 19.5 Å². The molecule has 0 aliphatic carbocycles. The third-order valence-corrected chi connectivity index (χ3v) is 2.09. The van der Waals surface area contributed by atoms with Crippen LogP contribution in [0.25, 0.3) is 0 Å². The molecular weight excluding hydrogens is 220 g/mol. The molecule has 0 aromatic heterocycles. The van der Waals surface area contributed by atoms with Crippen molar-refractivity contribution in [1.82, 2.24) is 5.32 Å². The van der Waals surface area contributed by atoms with Crippen molar-refractivity contribution in [2.24, 2.45) is 0 Å². The largest absolute Gasteiger partial charge is 0.400 e. The number of hydrogen-bond acceptors (Lipinski definition) is 4. The Balaban J connectivity index is 0. The highest BCUT2D eigenvalue weighted by Gasteiger charge is 2.03. The molecule has 1 unspecified atom stereocenters. The third kappa shape index (κ3) is 5.33. The minimum absolute atomic E-state index is 0. The van der Waals surface area contributed by atoms with Crippen LogP contribution in [0.3, 0.4) is 0 Å². The zero-order valence-electron chi connectivity index (χ0n) is 10.4. The number of amides is 1. The number of anilines is 1. The number of nitrogens with one attached hydrogen (secondary N) is 2. The maximum absolute atomic E-state index is 11.2. The molecule has 0 aliphatic rings. The van der Waals surface area contributed by atoms with Crippen LogP contribution in [0.15, 0.2) is 24.3 Å². The number of aliphatic hydroxyl groups excluding tert-OH is 2. The lowest BCUT2D eigenvalue weighted by Crippen LogP contribution is -2.19. The molecule has 4 N–H and O–H groups in total. The summed E-state index contributed by atoms with van der Waals surface area (Å²) in [6.45, 7) is 1.89. The van der Waals surface area contributed by atoms with Crippen LogP contribution >= 0.6 is 0 Å². The van der Waals surface area contributed by atoms with Crippen LogP contribution in [0.1, 0.15) is 25.1 Å². The summed E-state index contributed by atoms with van der Waals surface area (Å²) >= 11 is 0. The fourth-order valence-electron chi connectivity index (χ4n) is 1.16. The Labute approximate surface area is 103 Å². The van der Waals surface area contributed by atoms with Gasteiger partial charge in [0, 0.05) is 26.8 Å². The van der Waals surface area contributed by atoms with Crippen LogP contribution in [0, 0.1) is 0 Å². The van der Waals surface area contributed by atoms with Crippen LogP contribution in [-0.4, -0.2) is 36.5 Å². The minimum Gasteiger partial charge on any atom is -0.400 e. The summed E-state index contributed by atoms with van der Waals surface area (Å²) in [5, 5.41) is 21.8. The summed E-state index contributed by atoms with van der Waals surface area (Å²) in [6.07, 6.45) is 0.0906. The van der Waals surface area contributed by atoms with Gasteiger partial charge in [0.2, 0.25) is 0 Å². The average molecular weight is 242 g/mol. The van der Waals surface area contributed by atoms with Crippen molar-refractivity contribution < 1.29 is 16.4 Å². The van der Waals surface area contributed by atoms with Gasteiger partial charge in [-0.25, -0.2) is 0 Å². The van der Waals surface area contributed by atoms with Crippen molar-refractivity contribution in [3.63, 3.8) is 0 Å². The van der Waals surface area contributed by atoms with Crippen molar-refractivity contribution in [1.29, 1.82) is 0 Å². The monoisotopic (exact) mass is 242 g/mol. The maximum Gasteiger partial charge on any atom is 0.251 e. The second-order valence-corrected chi connectivity index (χ2v) is 3.22. The van der Waals surface area contributed by atoms with Gasteiger partial charge in [0.1, 0.15) is 6.23 Å². The maximum atomic E-state index is 11.2. The number of carbonyl (C=O) groups is 1. The molecule has 0 aliphatic heterocycles. The van der Waals surface area contributed by atoms with E-state index in [0.717, 1.165) is 12.8 Å². The van der Waals surface area contributed by atoms with E-state index in [1.807, 2.05) is 6.92 Å². The molecule has 0 saturated carbocycles. The lowest BCUT2D eigenvalue weighted by molar-refractivity contribution is 0.0963. The summed E-state index contributed by atoms with van der Waals surface area (Å²) in [7, 11) is 2.59. The average Bonchev–Trinajstić information content (AvgIpc) is 2.40. The second-order valence-electron chi connectivity index (χ2n) is 3.22. The first-order valence-corrected chi connectivity index (χ1v) is 5.38. The fraction of sp³-hybridized carbons (Fsp3) is 0.417. The van der Waals surface area contributed by atoms with Gasteiger partial charge in [-0.05, 0) is 30.7 Å². The first kappa shape index (κ1) is 15.4. The van der Waals surface area contributed by atoms with E-state index in [4.69, 9.17) is 5.11 Å². The summed E-state index contributed by atoms with van der Waals surface area (Å²) in [5.41, 5.74) is 1.41. The smallest absolute Gasteiger partial charge is 0.251 e. The molecule has 0 heterocycles. The number of carbonyl (C=O) groups excluding carboxylic acids is 1. The molecule has 0 fully saturated rings. The molecule has 1 atom stereocenters. The van der Waals surface area contributed by atoms with Crippen molar-refractivity contribution >= 4 is 11.6 Å². The van der Waals surface area contributed by atoms with Crippen molar-refractivity contribution in [2.45, 2.75) is 19.6 Å². The summed E-state index contributed by atoms with van der Waals surface area (Å²) in [5.74, 6) is -0.113. The summed E-state index contributed by atoms with van der Waals surface area (Å²) < 4.78 is 0. The Bertz CT molecular complexity index is 331. The molecule has 0 spiro atoms. The summed E-state index contributed by atoms with van der Waals surface area (Å²) in [4.78, 5) is 11.2. The third-order valence-electron chi connectivity index (χ3n) is 2.09. The SMILES string of the molecule is CCC(O)Nc1ccc(C(=O)NC)cc1.CO.[HH]. The zero-order chi connectivity index (χ0) is 13.3. The van der Waals surface area contributed by atoms with Gasteiger partial charge in [-0.3, -0.25) is 4.79 Å². The quantitative estimate of drug-likeness (QED) is 0.595. The van der Waals surface area contributed by atoms with Crippen molar-refractivity contribution in [3.05, 3.63) is 29.8 Å². The molecular formula is C12H22N2O3. The van der Waals surface area contributed by atoms with Gasteiger partial charge in [-0.1, -0.05) is 6.92 Å². The molecule has 0 saturated heterocycles. The highest BCUT2D eigenvalue weighted by Crippen LogP contribution is 2.10. The zero-order valence-corrected chi connectivity index (χ0v) is 10.4. The van der Waals surface area contributed by atoms with Gasteiger partial charge < -0.3 is 20.8 Å². The van der Waals surface area contributed by atoms with Gasteiger partial charge in [-0.15, -0.1) is 0 Å². The second kappa shape index (κ2) is 8.55. The molecule has 17 heavy (non-hydrogen) atoms. The minimum atomic E-state index is -0.546. The van der Waals surface area contributed by atoms with Crippen LogP contribution in [0.2, 0.25) is 0 Å². The van der Waals surface area contributed by atoms with E-state index in [-0.39, 0.29) is 7.33 Å². The summed E-state index contributed by atoms with van der Waals surface area (Å²) in [6, 6.07) is 6.96. The molecule has 0 bridgehead atoms. The van der Waals surface area contributed by atoms with Gasteiger partial charge >= 0.3 is 0 Å². The molecule has 98 valence electrons. The molecule has 1 aromatic carbocycles. The van der Waals surface area contributed by atoms with E-state index in [1.54, 1.807) is 31.3 Å². The lowest BCUT2D eigenvalue weighted by atomic mass is 10.2. The Hall–Kier alpha value is -1.59. The fourth-order valence-corrected chi connectivity index (χ4v) is 1.16. The van der Waals surface area contributed by atoms with Crippen molar-refractivity contribution in [3.8, 4) is 0 Å². The predicted molar refractivity (Wildman–Crippen MR) is 70.0 cm³/mol. The highest BCUT2D eigenvalue weighted by molar-refractivity contribution is 5.94. The van der Waals surface area contributed by atoms with E-state index >= 15 is 0 Å².